The van der Waals surface area contributed by atoms with Crippen LogP contribution in [0.5, 0.6) is 0 Å². The van der Waals surface area contributed by atoms with Crippen LogP contribution >= 0.6 is 0 Å². The second-order valence-corrected chi connectivity index (χ2v) is 2.93. The van der Waals surface area contributed by atoms with E-state index in [0.29, 0.717) is 5.82 Å². The highest BCUT2D eigenvalue weighted by Crippen LogP contribution is 2.08. The topological polar surface area (TPSA) is 79.6 Å². The van der Waals surface area contributed by atoms with E-state index in [9.17, 15) is 0 Å². The molecule has 0 aliphatic heterocycles. The third-order valence-electron chi connectivity index (χ3n) is 1.84. The molecule has 4 N–H and O–H groups in total. The third-order valence-corrected chi connectivity index (χ3v) is 1.84. The van der Waals surface area contributed by atoms with Crippen molar-refractivity contribution in [3.63, 3.8) is 0 Å². The zero-order valence-electron chi connectivity index (χ0n) is 7.57. The summed E-state index contributed by atoms with van der Waals surface area (Å²) >= 11 is 0. The molecule has 0 aliphatic carbocycles. The van der Waals surface area contributed by atoms with Gasteiger partial charge in [-0.05, 0) is 12.1 Å². The van der Waals surface area contributed by atoms with Crippen LogP contribution < -0.4 is 11.1 Å². The Morgan fingerprint density at radius 3 is 2.93 bits per heavy atom. The number of nitrogens with two attached hydrogens (primary N) is 1. The molecular weight excluding hydrogens is 178 g/mol. The molecule has 5 nitrogen and oxygen atoms in total. The normalized spacial score (nSPS) is 10.0. The molecule has 0 saturated heterocycles. The molecule has 5 heteroatoms. The lowest BCUT2D eigenvalue weighted by Gasteiger charge is -2.03. The molecule has 0 aliphatic rings. The molecule has 0 unspecified atom stereocenters. The van der Waals surface area contributed by atoms with E-state index in [4.69, 9.17) is 5.73 Å². The largest absolute Gasteiger partial charge is 0.384 e. The molecule has 2 aromatic heterocycles. The zero-order valence-corrected chi connectivity index (χ0v) is 7.57. The number of nitrogens with one attached hydrogen (secondary N) is 2. The standard InChI is InChI=1S/C9H11N5/c10-9-2-1-8(6-12-9)11-3-7-4-13-14-5-7/h1-2,4-6,11H,3H2,(H2,10,12)(H,13,14). The van der Waals surface area contributed by atoms with Crippen molar-refractivity contribution in [1.29, 1.82) is 0 Å². The average Bonchev–Trinajstić information content (AvgIpc) is 2.70. The first-order valence-electron chi connectivity index (χ1n) is 4.27. The number of H-pyrrole nitrogens is 1. The van der Waals surface area contributed by atoms with Crippen molar-refractivity contribution in [2.24, 2.45) is 0 Å². The molecule has 0 radical (unpaired) electrons. The number of aromatic amines is 1. The van der Waals surface area contributed by atoms with Gasteiger partial charge in [0, 0.05) is 18.3 Å². The van der Waals surface area contributed by atoms with E-state index in [2.05, 4.69) is 20.5 Å². The van der Waals surface area contributed by atoms with Crippen molar-refractivity contribution in [3.05, 3.63) is 36.3 Å². The fourth-order valence-corrected chi connectivity index (χ4v) is 1.09. The van der Waals surface area contributed by atoms with Crippen molar-refractivity contribution < 1.29 is 0 Å². The zero-order chi connectivity index (χ0) is 9.80. The highest BCUT2D eigenvalue weighted by atomic mass is 15.1. The Kier molecular flexibility index (Phi) is 2.31. The molecule has 72 valence electrons. The lowest BCUT2D eigenvalue weighted by Crippen LogP contribution is -1.99. The predicted molar refractivity (Wildman–Crippen MR) is 54.6 cm³/mol. The summed E-state index contributed by atoms with van der Waals surface area (Å²) in [5.41, 5.74) is 7.51. The fourth-order valence-electron chi connectivity index (χ4n) is 1.09. The van der Waals surface area contributed by atoms with Gasteiger partial charge in [0.15, 0.2) is 0 Å². The quantitative estimate of drug-likeness (QED) is 0.673. The van der Waals surface area contributed by atoms with Crippen LogP contribution in [0, 0.1) is 0 Å². The average molecular weight is 189 g/mol. The Balaban J connectivity index is 1.95. The van der Waals surface area contributed by atoms with Crippen LogP contribution in [0.2, 0.25) is 0 Å². The molecule has 0 fully saturated rings. The smallest absolute Gasteiger partial charge is 0.123 e. The summed E-state index contributed by atoms with van der Waals surface area (Å²) in [7, 11) is 0. The van der Waals surface area contributed by atoms with Gasteiger partial charge in [-0.15, -0.1) is 0 Å². The first-order chi connectivity index (χ1) is 6.84. The van der Waals surface area contributed by atoms with Gasteiger partial charge < -0.3 is 11.1 Å². The molecular formula is C9H11N5. The van der Waals surface area contributed by atoms with Gasteiger partial charge in [0.05, 0.1) is 18.1 Å². The maximum absolute atomic E-state index is 5.46. The highest BCUT2D eigenvalue weighted by Gasteiger charge is 1.94. The van der Waals surface area contributed by atoms with E-state index in [-0.39, 0.29) is 0 Å². The molecule has 2 rings (SSSR count). The van der Waals surface area contributed by atoms with Gasteiger partial charge in [0.25, 0.3) is 0 Å². The van der Waals surface area contributed by atoms with Crippen LogP contribution in [-0.4, -0.2) is 15.2 Å². The fraction of sp³-hybridized carbons (Fsp3) is 0.111. The predicted octanol–water partition coefficient (Wildman–Crippen LogP) is 0.999. The van der Waals surface area contributed by atoms with Crippen molar-refractivity contribution in [2.75, 3.05) is 11.1 Å². The number of pyridine rings is 1. The summed E-state index contributed by atoms with van der Waals surface area (Å²) in [6.07, 6.45) is 5.32. The molecule has 0 saturated carbocycles. The monoisotopic (exact) mass is 189 g/mol. The summed E-state index contributed by atoms with van der Waals surface area (Å²) in [5.74, 6) is 0.527. The second kappa shape index (κ2) is 3.78. The molecule has 0 spiro atoms. The number of nitrogen functional groups attached to an aromatic ring is 1. The molecule has 0 amide bonds. The number of hydrogen-bond acceptors (Lipinski definition) is 4. The minimum atomic E-state index is 0.527. The van der Waals surface area contributed by atoms with E-state index < -0.39 is 0 Å². The number of rotatable bonds is 3. The molecule has 2 aromatic rings. The van der Waals surface area contributed by atoms with Gasteiger partial charge in [-0.1, -0.05) is 0 Å². The second-order valence-electron chi connectivity index (χ2n) is 2.93. The summed E-state index contributed by atoms with van der Waals surface area (Å²) in [5, 5.41) is 9.79. The van der Waals surface area contributed by atoms with E-state index in [1.54, 1.807) is 18.5 Å². The van der Waals surface area contributed by atoms with Gasteiger partial charge in [0.2, 0.25) is 0 Å². The maximum atomic E-state index is 5.46. The van der Waals surface area contributed by atoms with Gasteiger partial charge in [0.1, 0.15) is 5.82 Å². The minimum Gasteiger partial charge on any atom is -0.384 e. The van der Waals surface area contributed by atoms with Crippen molar-refractivity contribution in [3.8, 4) is 0 Å². The number of nitrogens with zero attached hydrogens (tertiary/aromatic N) is 2. The Bertz CT molecular complexity index is 378. The lowest BCUT2D eigenvalue weighted by atomic mass is 10.3. The SMILES string of the molecule is Nc1ccc(NCc2cn[nH]c2)cn1. The minimum absolute atomic E-state index is 0.527. The molecule has 0 aromatic carbocycles. The number of anilines is 2. The number of aromatic nitrogens is 3. The van der Waals surface area contributed by atoms with Crippen LogP contribution in [-0.2, 0) is 6.54 Å². The van der Waals surface area contributed by atoms with Crippen LogP contribution in [0.4, 0.5) is 11.5 Å². The van der Waals surface area contributed by atoms with E-state index in [1.807, 2.05) is 12.3 Å². The molecule has 14 heavy (non-hydrogen) atoms. The van der Waals surface area contributed by atoms with Gasteiger partial charge >= 0.3 is 0 Å². The maximum Gasteiger partial charge on any atom is 0.123 e. The molecule has 0 bridgehead atoms. The highest BCUT2D eigenvalue weighted by molar-refractivity contribution is 5.45. The number of hydrogen-bond donors (Lipinski definition) is 3. The van der Waals surface area contributed by atoms with Crippen molar-refractivity contribution >= 4 is 11.5 Å². The van der Waals surface area contributed by atoms with Crippen molar-refractivity contribution in [1.82, 2.24) is 15.2 Å². The Morgan fingerprint density at radius 2 is 2.29 bits per heavy atom. The first kappa shape index (κ1) is 8.55. The molecule has 0 atom stereocenters. The van der Waals surface area contributed by atoms with Crippen LogP contribution in [0.1, 0.15) is 5.56 Å². The van der Waals surface area contributed by atoms with Crippen LogP contribution in [0.3, 0.4) is 0 Å². The first-order valence-corrected chi connectivity index (χ1v) is 4.27. The Morgan fingerprint density at radius 1 is 1.36 bits per heavy atom. The Labute approximate surface area is 81.4 Å². The molecule has 2 heterocycles. The Hall–Kier alpha value is -2.04. The lowest BCUT2D eigenvalue weighted by molar-refractivity contribution is 1.09. The van der Waals surface area contributed by atoms with Gasteiger partial charge in [-0.25, -0.2) is 4.98 Å². The summed E-state index contributed by atoms with van der Waals surface area (Å²) in [6.45, 7) is 0.724. The summed E-state index contributed by atoms with van der Waals surface area (Å²) in [4.78, 5) is 3.97. The third kappa shape index (κ3) is 2.01. The van der Waals surface area contributed by atoms with Crippen LogP contribution in [0.15, 0.2) is 30.7 Å². The van der Waals surface area contributed by atoms with Gasteiger partial charge in [-0.2, -0.15) is 5.10 Å². The van der Waals surface area contributed by atoms with Gasteiger partial charge in [-0.3, -0.25) is 5.10 Å². The van der Waals surface area contributed by atoms with E-state index in [0.717, 1.165) is 17.8 Å². The van der Waals surface area contributed by atoms with Crippen molar-refractivity contribution in [2.45, 2.75) is 6.54 Å². The van der Waals surface area contributed by atoms with Crippen LogP contribution in [0.25, 0.3) is 0 Å². The summed E-state index contributed by atoms with van der Waals surface area (Å²) in [6, 6.07) is 3.65. The summed E-state index contributed by atoms with van der Waals surface area (Å²) < 4.78 is 0. The van der Waals surface area contributed by atoms with E-state index in [1.165, 1.54) is 0 Å². The van der Waals surface area contributed by atoms with E-state index >= 15 is 0 Å².